The summed E-state index contributed by atoms with van der Waals surface area (Å²) in [5, 5.41) is 11.2. The Morgan fingerprint density at radius 3 is 3.09 bits per heavy atom. The second-order valence-electron chi connectivity index (χ2n) is 5.87. The zero-order valence-corrected chi connectivity index (χ0v) is 13.7. The van der Waals surface area contributed by atoms with Crippen LogP contribution in [0.25, 0.3) is 0 Å². The third kappa shape index (κ3) is 3.48. The van der Waals surface area contributed by atoms with Crippen LogP contribution < -0.4 is 5.32 Å². The number of fused-ring (bicyclic) bond motifs is 1. The highest BCUT2D eigenvalue weighted by molar-refractivity contribution is 7.09. The van der Waals surface area contributed by atoms with Crippen molar-refractivity contribution in [3.05, 3.63) is 64.1 Å². The zero-order chi connectivity index (χ0) is 15.5. The Balaban J connectivity index is 1.32. The van der Waals surface area contributed by atoms with Gasteiger partial charge in [0.1, 0.15) is 12.2 Å². The lowest BCUT2D eigenvalue weighted by Crippen LogP contribution is -2.37. The lowest BCUT2D eigenvalue weighted by Gasteiger charge is -2.23. The van der Waals surface area contributed by atoms with Crippen molar-refractivity contribution >= 4 is 11.3 Å². The van der Waals surface area contributed by atoms with E-state index in [9.17, 15) is 0 Å². The number of nitrogens with zero attached hydrogens (tertiary/aromatic N) is 4. The minimum Gasteiger partial charge on any atom is -0.306 e. The van der Waals surface area contributed by atoms with Crippen molar-refractivity contribution in [1.82, 2.24) is 25.1 Å². The Labute approximate surface area is 139 Å². The number of thiazole rings is 1. The maximum Gasteiger partial charge on any atom is 0.138 e. The molecule has 0 spiro atoms. The minimum absolute atomic E-state index is 0.448. The van der Waals surface area contributed by atoms with Gasteiger partial charge in [0.2, 0.25) is 0 Å². The third-order valence-corrected chi connectivity index (χ3v) is 5.07. The van der Waals surface area contributed by atoms with Crippen LogP contribution in [0.5, 0.6) is 0 Å². The molecule has 1 aliphatic rings. The van der Waals surface area contributed by atoms with Crippen molar-refractivity contribution in [1.29, 1.82) is 0 Å². The van der Waals surface area contributed by atoms with Crippen LogP contribution in [0, 0.1) is 0 Å². The quantitative estimate of drug-likeness (QED) is 0.783. The molecule has 0 radical (unpaired) electrons. The van der Waals surface area contributed by atoms with Gasteiger partial charge in [0.15, 0.2) is 0 Å². The Bertz CT molecular complexity index is 764. The summed E-state index contributed by atoms with van der Waals surface area (Å²) in [6, 6.07) is 10.9. The largest absolute Gasteiger partial charge is 0.306 e. The molecule has 3 heterocycles. The first-order valence-corrected chi connectivity index (χ1v) is 8.82. The molecule has 1 aromatic carbocycles. The molecule has 23 heavy (non-hydrogen) atoms. The Hall–Kier alpha value is -2.05. The summed E-state index contributed by atoms with van der Waals surface area (Å²) < 4.78 is 2.00. The fourth-order valence-electron chi connectivity index (χ4n) is 2.93. The molecule has 1 atom stereocenters. The average molecular weight is 325 g/mol. The number of hydrogen-bond donors (Lipinski definition) is 1. The number of hydrogen-bond acceptors (Lipinski definition) is 5. The predicted molar refractivity (Wildman–Crippen MR) is 90.3 cm³/mol. The average Bonchev–Trinajstić information content (AvgIpc) is 3.22. The molecule has 0 aliphatic carbocycles. The van der Waals surface area contributed by atoms with Crippen LogP contribution in [0.2, 0.25) is 0 Å². The van der Waals surface area contributed by atoms with Crippen LogP contribution in [-0.2, 0) is 25.9 Å². The number of aromatic nitrogens is 4. The standard InChI is InChI=1S/C17H19N5S/c1-2-4-13(5-3-1)8-17-21-15(11-23-17)9-18-14-6-7-16-19-12-20-22(16)10-14/h1-5,11-12,14,18H,6-10H2/t14-/m0/s1. The van der Waals surface area contributed by atoms with Crippen LogP contribution in [0.4, 0.5) is 0 Å². The predicted octanol–water partition coefficient (Wildman–Crippen LogP) is 2.43. The maximum absolute atomic E-state index is 4.75. The minimum atomic E-state index is 0.448. The lowest BCUT2D eigenvalue weighted by molar-refractivity contribution is 0.357. The van der Waals surface area contributed by atoms with Crippen LogP contribution in [0.15, 0.2) is 42.0 Å². The number of rotatable bonds is 5. The SMILES string of the molecule is c1ccc(Cc2nc(CN[C@H]3CCc4ncnn4C3)cs2)cc1. The molecule has 0 amide bonds. The van der Waals surface area contributed by atoms with E-state index in [4.69, 9.17) is 4.98 Å². The second kappa shape index (κ2) is 6.60. The molecule has 0 bridgehead atoms. The highest BCUT2D eigenvalue weighted by Gasteiger charge is 2.19. The summed E-state index contributed by atoms with van der Waals surface area (Å²) >= 11 is 1.74. The number of nitrogens with one attached hydrogen (secondary N) is 1. The summed E-state index contributed by atoms with van der Waals surface area (Å²) in [5.74, 6) is 1.10. The highest BCUT2D eigenvalue weighted by atomic mass is 32.1. The van der Waals surface area contributed by atoms with Gasteiger partial charge >= 0.3 is 0 Å². The van der Waals surface area contributed by atoms with Gasteiger partial charge in [0.05, 0.1) is 17.2 Å². The van der Waals surface area contributed by atoms with Crippen molar-refractivity contribution in [2.75, 3.05) is 0 Å². The van der Waals surface area contributed by atoms with Gasteiger partial charge < -0.3 is 5.32 Å². The van der Waals surface area contributed by atoms with Gasteiger partial charge in [-0.1, -0.05) is 30.3 Å². The molecule has 3 aromatic rings. The summed E-state index contributed by atoms with van der Waals surface area (Å²) in [6.45, 7) is 1.72. The van der Waals surface area contributed by atoms with Gasteiger partial charge in [-0.15, -0.1) is 11.3 Å². The van der Waals surface area contributed by atoms with Crippen LogP contribution in [-0.4, -0.2) is 25.8 Å². The van der Waals surface area contributed by atoms with Gasteiger partial charge in [-0.25, -0.2) is 14.6 Å². The van der Waals surface area contributed by atoms with E-state index in [2.05, 4.69) is 45.0 Å². The molecular formula is C17H19N5S. The van der Waals surface area contributed by atoms with Gasteiger partial charge in [-0.2, -0.15) is 5.10 Å². The van der Waals surface area contributed by atoms with E-state index in [1.807, 2.05) is 10.7 Å². The zero-order valence-electron chi connectivity index (χ0n) is 12.9. The summed E-state index contributed by atoms with van der Waals surface area (Å²) in [6.07, 6.45) is 4.67. The van der Waals surface area contributed by atoms with E-state index in [0.717, 1.165) is 43.9 Å². The van der Waals surface area contributed by atoms with Crippen LogP contribution in [0.1, 0.15) is 28.5 Å². The summed E-state index contributed by atoms with van der Waals surface area (Å²) in [5.41, 5.74) is 2.44. The van der Waals surface area contributed by atoms with E-state index < -0.39 is 0 Å². The first-order chi connectivity index (χ1) is 11.4. The summed E-state index contributed by atoms with van der Waals surface area (Å²) in [7, 11) is 0. The molecule has 5 nitrogen and oxygen atoms in total. The van der Waals surface area contributed by atoms with Crippen molar-refractivity contribution in [2.45, 2.75) is 38.4 Å². The molecule has 1 aliphatic heterocycles. The topological polar surface area (TPSA) is 55.6 Å². The monoisotopic (exact) mass is 325 g/mol. The van der Waals surface area contributed by atoms with E-state index in [0.29, 0.717) is 6.04 Å². The van der Waals surface area contributed by atoms with Gasteiger partial charge in [-0.05, 0) is 12.0 Å². The van der Waals surface area contributed by atoms with E-state index >= 15 is 0 Å². The normalized spacial score (nSPS) is 17.1. The molecule has 118 valence electrons. The molecule has 0 fully saturated rings. The van der Waals surface area contributed by atoms with Gasteiger partial charge in [0, 0.05) is 30.8 Å². The molecule has 1 N–H and O–H groups in total. The summed E-state index contributed by atoms with van der Waals surface area (Å²) in [4.78, 5) is 9.01. The molecule has 0 saturated heterocycles. The first-order valence-electron chi connectivity index (χ1n) is 7.94. The molecule has 4 rings (SSSR count). The molecule has 0 unspecified atom stereocenters. The van der Waals surface area contributed by atoms with Gasteiger partial charge in [0.25, 0.3) is 0 Å². The number of benzene rings is 1. The van der Waals surface area contributed by atoms with Crippen LogP contribution >= 0.6 is 11.3 Å². The first kappa shape index (κ1) is 14.5. The maximum atomic E-state index is 4.75. The Morgan fingerprint density at radius 2 is 2.17 bits per heavy atom. The van der Waals surface area contributed by atoms with E-state index in [1.54, 1.807) is 17.7 Å². The molecular weight excluding hydrogens is 306 g/mol. The van der Waals surface area contributed by atoms with Crippen molar-refractivity contribution in [2.24, 2.45) is 0 Å². The third-order valence-electron chi connectivity index (χ3n) is 4.17. The fourth-order valence-corrected chi connectivity index (χ4v) is 3.76. The van der Waals surface area contributed by atoms with Crippen molar-refractivity contribution < 1.29 is 0 Å². The lowest BCUT2D eigenvalue weighted by atomic mass is 10.1. The smallest absolute Gasteiger partial charge is 0.138 e. The molecule has 6 heteroatoms. The Morgan fingerprint density at radius 1 is 1.26 bits per heavy atom. The highest BCUT2D eigenvalue weighted by Crippen LogP contribution is 2.16. The Kier molecular flexibility index (Phi) is 4.17. The van der Waals surface area contributed by atoms with E-state index in [-0.39, 0.29) is 0 Å². The van der Waals surface area contributed by atoms with Crippen LogP contribution in [0.3, 0.4) is 0 Å². The second-order valence-corrected chi connectivity index (χ2v) is 6.81. The fraction of sp³-hybridized carbons (Fsp3) is 0.353. The van der Waals surface area contributed by atoms with Gasteiger partial charge in [-0.3, -0.25) is 0 Å². The van der Waals surface area contributed by atoms with Crippen molar-refractivity contribution in [3.63, 3.8) is 0 Å². The molecule has 2 aromatic heterocycles. The van der Waals surface area contributed by atoms with Crippen molar-refractivity contribution in [3.8, 4) is 0 Å². The number of aryl methyl sites for hydroxylation is 1. The van der Waals surface area contributed by atoms with E-state index in [1.165, 1.54) is 10.6 Å². The molecule has 0 saturated carbocycles.